The number of aromatic nitrogens is 1. The summed E-state index contributed by atoms with van der Waals surface area (Å²) in [5.74, 6) is 0. The number of para-hydroxylation sites is 1. The van der Waals surface area contributed by atoms with E-state index < -0.39 is 9.15 Å². The molecule has 0 saturated heterocycles. The van der Waals surface area contributed by atoms with Crippen molar-refractivity contribution in [2.45, 2.75) is 4.34 Å². The summed E-state index contributed by atoms with van der Waals surface area (Å²) in [6.07, 6.45) is 0. The van der Waals surface area contributed by atoms with Crippen molar-refractivity contribution < 1.29 is 13.0 Å². The van der Waals surface area contributed by atoms with E-state index in [2.05, 4.69) is 4.98 Å². The highest BCUT2D eigenvalue weighted by Gasteiger charge is 2.12. The summed E-state index contributed by atoms with van der Waals surface area (Å²) in [5, 5.41) is 0. The Bertz CT molecular complexity index is 527. The van der Waals surface area contributed by atoms with Crippen LogP contribution in [0.5, 0.6) is 0 Å². The topological polar surface area (TPSA) is 67.3 Å². The largest absolute Gasteiger partial charge is 0.326 e. The number of rotatable bonds is 2. The molecule has 0 amide bonds. The maximum atomic E-state index is 10.6. The van der Waals surface area contributed by atoms with Gasteiger partial charge in [0.05, 0.1) is 21.0 Å². The van der Waals surface area contributed by atoms with E-state index in [9.17, 15) is 8.42 Å². The smallest absolute Gasteiger partial charge is 0.277 e. The van der Waals surface area contributed by atoms with Crippen molar-refractivity contribution >= 4 is 41.5 Å². The van der Waals surface area contributed by atoms with Crippen LogP contribution in [0.3, 0.4) is 0 Å². The summed E-state index contributed by atoms with van der Waals surface area (Å²) in [4.78, 5) is 4.04. The molecular weight excluding hydrogens is 242 g/mol. The van der Waals surface area contributed by atoms with E-state index in [1.54, 1.807) is 6.07 Å². The minimum atomic E-state index is -4.06. The maximum Gasteiger partial charge on any atom is 0.326 e. The molecule has 0 radical (unpaired) electrons. The summed E-state index contributed by atoms with van der Waals surface area (Å²) >= 11 is 1.24. The van der Waals surface area contributed by atoms with E-state index >= 15 is 0 Å². The predicted molar refractivity (Wildman–Crippen MR) is 57.0 cm³/mol. The first-order valence-electron chi connectivity index (χ1n) is 3.57. The third-order valence-corrected chi connectivity index (χ3v) is 4.65. The number of fused-ring (bicyclic) bond motifs is 1. The second kappa shape index (κ2) is 3.50. The van der Waals surface area contributed by atoms with Crippen LogP contribution in [-0.2, 0) is 9.15 Å². The van der Waals surface area contributed by atoms with Crippen LogP contribution in [0.25, 0.3) is 10.2 Å². The van der Waals surface area contributed by atoms with Crippen LogP contribution in [0.1, 0.15) is 0 Å². The van der Waals surface area contributed by atoms with Gasteiger partial charge in [0, 0.05) is 0 Å². The quantitative estimate of drug-likeness (QED) is 0.651. The lowest BCUT2D eigenvalue weighted by Gasteiger charge is -1.87. The lowest BCUT2D eigenvalue weighted by atomic mass is 10.3. The first-order valence-corrected chi connectivity index (χ1v) is 7.16. The van der Waals surface area contributed by atoms with E-state index in [4.69, 9.17) is 4.55 Å². The Morgan fingerprint density at radius 2 is 2.07 bits per heavy atom. The van der Waals surface area contributed by atoms with Crippen LogP contribution >= 0.6 is 22.1 Å². The van der Waals surface area contributed by atoms with Crippen molar-refractivity contribution in [3.05, 3.63) is 24.3 Å². The van der Waals surface area contributed by atoms with Gasteiger partial charge < -0.3 is 0 Å². The summed E-state index contributed by atoms with van der Waals surface area (Å²) in [7, 11) is -3.70. The summed E-state index contributed by atoms with van der Waals surface area (Å²) in [6.45, 7) is 0. The van der Waals surface area contributed by atoms with Crippen LogP contribution in [0, 0.1) is 0 Å². The zero-order valence-corrected chi connectivity index (χ0v) is 9.19. The van der Waals surface area contributed by atoms with Gasteiger partial charge in [-0.05, 0) is 12.1 Å². The molecule has 1 aromatic carbocycles. The minimum absolute atomic E-state index is 0.328. The second-order valence-electron chi connectivity index (χ2n) is 2.46. The van der Waals surface area contributed by atoms with Crippen molar-refractivity contribution in [2.75, 3.05) is 0 Å². The number of nitrogens with zero attached hydrogens (tertiary/aromatic N) is 1. The first-order chi connectivity index (χ1) is 6.54. The molecule has 0 aliphatic heterocycles. The number of thiazole rings is 1. The molecule has 14 heavy (non-hydrogen) atoms. The standard InChI is InChI=1S/C7H5NO3S3/c9-14(10,11)13-7-8-5-3-1-2-4-6(5)12-7/h1-4H,(H,9,10,11). The Balaban J connectivity index is 2.46. The van der Waals surface area contributed by atoms with Gasteiger partial charge >= 0.3 is 9.15 Å². The molecule has 74 valence electrons. The van der Waals surface area contributed by atoms with Gasteiger partial charge in [0.2, 0.25) is 0 Å². The number of hydrogen-bond acceptors (Lipinski definition) is 5. The first kappa shape index (κ1) is 9.91. The molecule has 0 fully saturated rings. The molecule has 0 bridgehead atoms. The van der Waals surface area contributed by atoms with Crippen molar-refractivity contribution in [2.24, 2.45) is 0 Å². The van der Waals surface area contributed by atoms with Gasteiger partial charge in [-0.15, -0.1) is 11.3 Å². The zero-order valence-electron chi connectivity index (χ0n) is 6.75. The summed E-state index contributed by atoms with van der Waals surface area (Å²) < 4.78 is 31.0. The number of benzene rings is 1. The second-order valence-corrected chi connectivity index (χ2v) is 6.92. The molecule has 1 N–H and O–H groups in total. The maximum absolute atomic E-state index is 10.6. The lowest BCUT2D eigenvalue weighted by Crippen LogP contribution is -1.87. The molecular formula is C7H5NO3S3. The minimum Gasteiger partial charge on any atom is -0.277 e. The van der Waals surface area contributed by atoms with E-state index in [-0.39, 0.29) is 0 Å². The molecule has 0 aliphatic rings. The van der Waals surface area contributed by atoms with Gasteiger partial charge in [-0.3, -0.25) is 4.55 Å². The average molecular weight is 247 g/mol. The Labute approximate surface area is 88.1 Å². The average Bonchev–Trinajstić information content (AvgIpc) is 2.42. The van der Waals surface area contributed by atoms with Gasteiger partial charge in [-0.1, -0.05) is 12.1 Å². The van der Waals surface area contributed by atoms with Crippen LogP contribution in [0.2, 0.25) is 0 Å². The molecule has 1 heterocycles. The predicted octanol–water partition coefficient (Wildman–Crippen LogP) is 2.19. The van der Waals surface area contributed by atoms with Gasteiger partial charge in [-0.2, -0.15) is 8.42 Å². The highest BCUT2D eigenvalue weighted by atomic mass is 33.2. The SMILES string of the molecule is O=S(=O)(O)Sc1nc2ccccc2s1. The molecule has 0 aliphatic carbocycles. The third kappa shape index (κ3) is 2.24. The Kier molecular flexibility index (Phi) is 2.48. The van der Waals surface area contributed by atoms with Crippen molar-refractivity contribution in [1.82, 2.24) is 4.98 Å². The Morgan fingerprint density at radius 3 is 2.71 bits per heavy atom. The zero-order chi connectivity index (χ0) is 10.2. The third-order valence-electron chi connectivity index (χ3n) is 1.45. The van der Waals surface area contributed by atoms with Crippen LogP contribution in [0.4, 0.5) is 0 Å². The fourth-order valence-electron chi connectivity index (χ4n) is 0.977. The normalized spacial score (nSPS) is 12.1. The molecule has 0 spiro atoms. The van der Waals surface area contributed by atoms with E-state index in [0.717, 1.165) is 10.2 Å². The van der Waals surface area contributed by atoms with Crippen molar-refractivity contribution in [3.63, 3.8) is 0 Å². The lowest BCUT2D eigenvalue weighted by molar-refractivity contribution is 0.503. The van der Waals surface area contributed by atoms with Crippen molar-refractivity contribution in [1.29, 1.82) is 0 Å². The summed E-state index contributed by atoms with van der Waals surface area (Å²) in [5.41, 5.74) is 0.739. The Hall–Kier alpha value is -0.630. The molecule has 7 heteroatoms. The highest BCUT2D eigenvalue weighted by Crippen LogP contribution is 2.31. The van der Waals surface area contributed by atoms with Crippen molar-refractivity contribution in [3.8, 4) is 0 Å². The highest BCUT2D eigenvalue weighted by molar-refractivity contribution is 8.70. The molecule has 0 atom stereocenters. The number of hydrogen-bond donors (Lipinski definition) is 1. The molecule has 0 unspecified atom stereocenters. The van der Waals surface area contributed by atoms with Gasteiger partial charge in [-0.25, -0.2) is 4.98 Å². The van der Waals surface area contributed by atoms with E-state index in [1.165, 1.54) is 11.3 Å². The molecule has 4 nitrogen and oxygen atoms in total. The summed E-state index contributed by atoms with van der Waals surface area (Å²) in [6, 6.07) is 7.31. The fraction of sp³-hybridized carbons (Fsp3) is 0. The fourth-order valence-corrected chi connectivity index (χ4v) is 4.13. The molecule has 2 rings (SSSR count). The molecule has 1 aromatic heterocycles. The van der Waals surface area contributed by atoms with E-state index in [1.807, 2.05) is 18.2 Å². The Morgan fingerprint density at radius 1 is 1.36 bits per heavy atom. The van der Waals surface area contributed by atoms with Gasteiger partial charge in [0.15, 0.2) is 4.34 Å². The van der Waals surface area contributed by atoms with E-state index in [0.29, 0.717) is 15.1 Å². The monoisotopic (exact) mass is 247 g/mol. The van der Waals surface area contributed by atoms with Crippen LogP contribution in [-0.4, -0.2) is 18.0 Å². The molecule has 2 aromatic rings. The van der Waals surface area contributed by atoms with Gasteiger partial charge in [0.25, 0.3) is 0 Å². The van der Waals surface area contributed by atoms with Crippen LogP contribution in [0.15, 0.2) is 28.6 Å². The van der Waals surface area contributed by atoms with Gasteiger partial charge in [0.1, 0.15) is 0 Å². The van der Waals surface area contributed by atoms with Crippen LogP contribution < -0.4 is 0 Å². The molecule has 0 saturated carbocycles.